The molecule has 1 atom stereocenters. The maximum Gasteiger partial charge on any atom is 0.333 e. The van der Waals surface area contributed by atoms with E-state index in [9.17, 15) is 14.0 Å². The summed E-state index contributed by atoms with van der Waals surface area (Å²) in [4.78, 5) is 22.3. The summed E-state index contributed by atoms with van der Waals surface area (Å²) in [6.07, 6.45) is 1.44. The van der Waals surface area contributed by atoms with Gasteiger partial charge in [-0.25, -0.2) is 9.18 Å². The Bertz CT molecular complexity index is 493. The van der Waals surface area contributed by atoms with Gasteiger partial charge in [-0.3, -0.25) is 4.79 Å². The van der Waals surface area contributed by atoms with Crippen LogP contribution in [0.2, 0.25) is 0 Å². The minimum absolute atomic E-state index is 0.0549. The quantitative estimate of drug-likeness (QED) is 0.814. The normalized spacial score (nSPS) is 19.5. The smallest absolute Gasteiger partial charge is 0.333 e. The highest BCUT2D eigenvalue weighted by Gasteiger charge is 2.27. The summed E-state index contributed by atoms with van der Waals surface area (Å²) in [7, 11) is 0. The van der Waals surface area contributed by atoms with Crippen LogP contribution in [0.15, 0.2) is 35.9 Å². The Hall–Kier alpha value is -2.17. The number of carbonyl (C=O) groups is 2. The van der Waals surface area contributed by atoms with Gasteiger partial charge >= 0.3 is 5.97 Å². The zero-order valence-corrected chi connectivity index (χ0v) is 8.81. The van der Waals surface area contributed by atoms with E-state index in [-0.39, 0.29) is 17.9 Å². The van der Waals surface area contributed by atoms with Crippen molar-refractivity contribution in [2.24, 2.45) is 0 Å². The Morgan fingerprint density at radius 2 is 2.00 bits per heavy atom. The molecule has 5 heteroatoms. The summed E-state index contributed by atoms with van der Waals surface area (Å²) < 4.78 is 12.8. The number of carbonyl (C=O) groups excluding carboxylic acids is 1. The predicted octanol–water partition coefficient (Wildman–Crippen LogP) is 1.40. The molecule has 2 rings (SSSR count). The SMILES string of the molecule is O=C1CC=C(C(=O)O)C(c2ccc(F)cc2)N1. The van der Waals surface area contributed by atoms with Crippen molar-refractivity contribution >= 4 is 11.9 Å². The molecule has 0 aliphatic carbocycles. The number of rotatable bonds is 2. The van der Waals surface area contributed by atoms with Crippen molar-refractivity contribution in [2.45, 2.75) is 12.5 Å². The minimum Gasteiger partial charge on any atom is -0.478 e. The Labute approximate surface area is 96.8 Å². The molecule has 0 radical (unpaired) electrons. The van der Waals surface area contributed by atoms with Gasteiger partial charge < -0.3 is 10.4 Å². The standard InChI is InChI=1S/C12H10FNO3/c13-8-3-1-7(2-4-8)11-9(12(16)17)5-6-10(15)14-11/h1-5,11H,6H2,(H,14,15)(H,16,17). The van der Waals surface area contributed by atoms with Gasteiger partial charge in [-0.15, -0.1) is 0 Å². The molecule has 1 aliphatic heterocycles. The van der Waals surface area contributed by atoms with Crippen molar-refractivity contribution in [3.05, 3.63) is 47.3 Å². The molecule has 1 aliphatic rings. The summed E-state index contributed by atoms with van der Waals surface area (Å²) in [6, 6.07) is 4.67. The van der Waals surface area contributed by atoms with Crippen LogP contribution in [0.3, 0.4) is 0 Å². The van der Waals surface area contributed by atoms with Crippen molar-refractivity contribution in [1.82, 2.24) is 5.32 Å². The van der Waals surface area contributed by atoms with Crippen molar-refractivity contribution in [3.8, 4) is 0 Å². The fraction of sp³-hybridized carbons (Fsp3) is 0.167. The summed E-state index contributed by atoms with van der Waals surface area (Å²) in [6.45, 7) is 0. The first-order chi connectivity index (χ1) is 8.08. The average Bonchev–Trinajstić information content (AvgIpc) is 2.29. The number of carboxylic acid groups (broad SMARTS) is 1. The third-order valence-electron chi connectivity index (χ3n) is 2.57. The van der Waals surface area contributed by atoms with E-state index >= 15 is 0 Å². The molecule has 0 saturated carbocycles. The molecule has 0 fully saturated rings. The molecule has 17 heavy (non-hydrogen) atoms. The van der Waals surface area contributed by atoms with Crippen LogP contribution in [-0.4, -0.2) is 17.0 Å². The van der Waals surface area contributed by atoms with Gasteiger partial charge in [0.2, 0.25) is 5.91 Å². The lowest BCUT2D eigenvalue weighted by Crippen LogP contribution is -2.35. The van der Waals surface area contributed by atoms with Crippen LogP contribution >= 0.6 is 0 Å². The van der Waals surface area contributed by atoms with Gasteiger partial charge in [0.15, 0.2) is 0 Å². The zero-order chi connectivity index (χ0) is 12.4. The molecule has 4 nitrogen and oxygen atoms in total. The Balaban J connectivity index is 2.37. The van der Waals surface area contributed by atoms with E-state index in [1.807, 2.05) is 0 Å². The summed E-state index contributed by atoms with van der Waals surface area (Å²) in [5, 5.41) is 11.6. The molecular formula is C12H10FNO3. The van der Waals surface area contributed by atoms with Crippen LogP contribution in [0.5, 0.6) is 0 Å². The molecular weight excluding hydrogens is 225 g/mol. The molecule has 1 aromatic rings. The van der Waals surface area contributed by atoms with Crippen molar-refractivity contribution in [3.63, 3.8) is 0 Å². The largest absolute Gasteiger partial charge is 0.478 e. The molecule has 1 heterocycles. The molecule has 2 N–H and O–H groups in total. The number of carboxylic acids is 1. The summed E-state index contributed by atoms with van der Waals surface area (Å²) in [5.74, 6) is -1.74. The first-order valence-corrected chi connectivity index (χ1v) is 5.06. The predicted molar refractivity (Wildman–Crippen MR) is 57.6 cm³/mol. The summed E-state index contributed by atoms with van der Waals surface area (Å²) >= 11 is 0. The number of nitrogens with one attached hydrogen (secondary N) is 1. The van der Waals surface area contributed by atoms with Gasteiger partial charge in [0, 0.05) is 6.42 Å². The first kappa shape index (κ1) is 11.3. The van der Waals surface area contributed by atoms with E-state index in [0.717, 1.165) is 0 Å². The average molecular weight is 235 g/mol. The van der Waals surface area contributed by atoms with Crippen molar-refractivity contribution in [1.29, 1.82) is 0 Å². The molecule has 0 spiro atoms. The minimum atomic E-state index is -1.08. The first-order valence-electron chi connectivity index (χ1n) is 5.06. The Morgan fingerprint density at radius 3 is 2.59 bits per heavy atom. The fourth-order valence-corrected chi connectivity index (χ4v) is 1.75. The van der Waals surface area contributed by atoms with Crippen LogP contribution in [0.25, 0.3) is 0 Å². The Morgan fingerprint density at radius 1 is 1.35 bits per heavy atom. The second kappa shape index (κ2) is 4.37. The van der Waals surface area contributed by atoms with Crippen LogP contribution in [0, 0.1) is 5.82 Å². The van der Waals surface area contributed by atoms with Crippen LogP contribution in [0.4, 0.5) is 4.39 Å². The number of amides is 1. The summed E-state index contributed by atoms with van der Waals surface area (Å²) in [5.41, 5.74) is 0.657. The highest BCUT2D eigenvalue weighted by Crippen LogP contribution is 2.25. The van der Waals surface area contributed by atoms with Gasteiger partial charge in [0.1, 0.15) is 5.82 Å². The van der Waals surface area contributed by atoms with Crippen LogP contribution in [0.1, 0.15) is 18.0 Å². The van der Waals surface area contributed by atoms with Gasteiger partial charge in [0.05, 0.1) is 11.6 Å². The maximum absolute atomic E-state index is 12.8. The molecule has 0 saturated heterocycles. The highest BCUT2D eigenvalue weighted by atomic mass is 19.1. The lowest BCUT2D eigenvalue weighted by molar-refractivity contribution is -0.133. The van der Waals surface area contributed by atoms with Crippen molar-refractivity contribution < 1.29 is 19.1 Å². The molecule has 0 aromatic heterocycles. The molecule has 0 bridgehead atoms. The number of hydrogen-bond acceptors (Lipinski definition) is 2. The van der Waals surface area contributed by atoms with E-state index < -0.39 is 17.8 Å². The van der Waals surface area contributed by atoms with Crippen molar-refractivity contribution in [2.75, 3.05) is 0 Å². The van der Waals surface area contributed by atoms with Crippen LogP contribution in [-0.2, 0) is 9.59 Å². The third kappa shape index (κ3) is 2.33. The second-order valence-corrected chi connectivity index (χ2v) is 3.72. The molecule has 1 amide bonds. The van der Waals surface area contributed by atoms with E-state index in [1.165, 1.54) is 30.3 Å². The molecule has 1 aromatic carbocycles. The number of benzene rings is 1. The van der Waals surface area contributed by atoms with Gasteiger partial charge in [-0.2, -0.15) is 0 Å². The topological polar surface area (TPSA) is 66.4 Å². The Kier molecular flexibility index (Phi) is 2.91. The van der Waals surface area contributed by atoms with E-state index in [2.05, 4.69) is 5.32 Å². The lowest BCUT2D eigenvalue weighted by atomic mass is 9.95. The fourth-order valence-electron chi connectivity index (χ4n) is 1.75. The monoisotopic (exact) mass is 235 g/mol. The highest BCUT2D eigenvalue weighted by molar-refractivity contribution is 5.93. The number of halogens is 1. The lowest BCUT2D eigenvalue weighted by Gasteiger charge is -2.23. The van der Waals surface area contributed by atoms with Crippen LogP contribution < -0.4 is 5.32 Å². The zero-order valence-electron chi connectivity index (χ0n) is 8.81. The molecule has 88 valence electrons. The molecule has 1 unspecified atom stereocenters. The number of aliphatic carboxylic acids is 1. The maximum atomic E-state index is 12.8. The van der Waals surface area contributed by atoms with E-state index in [1.54, 1.807) is 0 Å². The van der Waals surface area contributed by atoms with Gasteiger partial charge in [-0.1, -0.05) is 18.2 Å². The number of hydrogen-bond donors (Lipinski definition) is 2. The second-order valence-electron chi connectivity index (χ2n) is 3.72. The van der Waals surface area contributed by atoms with E-state index in [0.29, 0.717) is 5.56 Å². The van der Waals surface area contributed by atoms with E-state index in [4.69, 9.17) is 5.11 Å². The third-order valence-corrected chi connectivity index (χ3v) is 2.57. The van der Waals surface area contributed by atoms with Gasteiger partial charge in [-0.05, 0) is 17.7 Å². The van der Waals surface area contributed by atoms with Gasteiger partial charge in [0.25, 0.3) is 0 Å².